The summed E-state index contributed by atoms with van der Waals surface area (Å²) in [4.78, 5) is 0. The molecular formula is C8H7F3O. The summed E-state index contributed by atoms with van der Waals surface area (Å²) < 4.78 is 40.8. The van der Waals surface area contributed by atoms with Crippen LogP contribution in [0.2, 0.25) is 0 Å². The van der Waals surface area contributed by atoms with Crippen LogP contribution < -0.4 is 0 Å². The second-order valence-electron chi connectivity index (χ2n) is 2.34. The standard InChI is InChI=1S/C8H7F3O/c1-3-6-4-5(2)12-7(6)8(9,10)11/h3-4H,1H2,2H3. The first-order valence-corrected chi connectivity index (χ1v) is 3.25. The molecule has 0 N–H and O–H groups in total. The summed E-state index contributed by atoms with van der Waals surface area (Å²) in [7, 11) is 0. The largest absolute Gasteiger partial charge is 0.456 e. The van der Waals surface area contributed by atoms with Crippen LogP contribution in [-0.4, -0.2) is 0 Å². The van der Waals surface area contributed by atoms with Crippen LogP contribution >= 0.6 is 0 Å². The maximum Gasteiger partial charge on any atom is 0.450 e. The van der Waals surface area contributed by atoms with Crippen molar-refractivity contribution in [1.29, 1.82) is 0 Å². The van der Waals surface area contributed by atoms with Crippen LogP contribution in [0, 0.1) is 6.92 Å². The van der Waals surface area contributed by atoms with Crippen LogP contribution in [-0.2, 0) is 6.18 Å². The Morgan fingerprint density at radius 3 is 2.42 bits per heavy atom. The van der Waals surface area contributed by atoms with Gasteiger partial charge < -0.3 is 4.42 Å². The van der Waals surface area contributed by atoms with Gasteiger partial charge in [0.15, 0.2) is 0 Å². The first kappa shape index (κ1) is 8.90. The highest BCUT2D eigenvalue weighted by Gasteiger charge is 2.37. The van der Waals surface area contributed by atoms with E-state index in [2.05, 4.69) is 11.0 Å². The van der Waals surface area contributed by atoms with Crippen molar-refractivity contribution >= 4 is 6.08 Å². The monoisotopic (exact) mass is 176 g/mol. The zero-order valence-corrected chi connectivity index (χ0v) is 6.40. The lowest BCUT2D eigenvalue weighted by Crippen LogP contribution is -2.04. The third kappa shape index (κ3) is 1.52. The first-order valence-electron chi connectivity index (χ1n) is 3.25. The molecule has 12 heavy (non-hydrogen) atoms. The van der Waals surface area contributed by atoms with Gasteiger partial charge in [-0.3, -0.25) is 0 Å². The van der Waals surface area contributed by atoms with E-state index in [4.69, 9.17) is 0 Å². The van der Waals surface area contributed by atoms with Crippen LogP contribution in [0.5, 0.6) is 0 Å². The molecule has 1 nitrogen and oxygen atoms in total. The van der Waals surface area contributed by atoms with Crippen molar-refractivity contribution in [2.75, 3.05) is 0 Å². The highest BCUT2D eigenvalue weighted by Crippen LogP contribution is 2.34. The Morgan fingerprint density at radius 2 is 2.08 bits per heavy atom. The quantitative estimate of drug-likeness (QED) is 0.640. The van der Waals surface area contributed by atoms with E-state index in [0.29, 0.717) is 0 Å². The fourth-order valence-corrected chi connectivity index (χ4v) is 0.907. The number of hydrogen-bond donors (Lipinski definition) is 0. The van der Waals surface area contributed by atoms with Gasteiger partial charge >= 0.3 is 6.18 Å². The Labute approximate surface area is 67.5 Å². The molecule has 4 heteroatoms. The zero-order valence-electron chi connectivity index (χ0n) is 6.40. The van der Waals surface area contributed by atoms with Crippen molar-refractivity contribution in [2.24, 2.45) is 0 Å². The van der Waals surface area contributed by atoms with Gasteiger partial charge in [-0.25, -0.2) is 0 Å². The van der Waals surface area contributed by atoms with Gasteiger partial charge in [0.05, 0.1) is 0 Å². The Kier molecular flexibility index (Phi) is 2.00. The molecule has 0 saturated carbocycles. The predicted octanol–water partition coefficient (Wildman–Crippen LogP) is 3.25. The minimum absolute atomic E-state index is 0.0139. The predicted molar refractivity (Wildman–Crippen MR) is 38.5 cm³/mol. The van der Waals surface area contributed by atoms with Gasteiger partial charge in [-0.15, -0.1) is 0 Å². The number of aryl methyl sites for hydroxylation is 1. The van der Waals surface area contributed by atoms with Gasteiger partial charge in [0.25, 0.3) is 0 Å². The third-order valence-electron chi connectivity index (χ3n) is 1.36. The van der Waals surface area contributed by atoms with Crippen molar-refractivity contribution < 1.29 is 17.6 Å². The van der Waals surface area contributed by atoms with Crippen LogP contribution in [0.3, 0.4) is 0 Å². The minimum atomic E-state index is -4.43. The fraction of sp³-hybridized carbons (Fsp3) is 0.250. The molecule has 1 aromatic rings. The minimum Gasteiger partial charge on any atom is -0.456 e. The van der Waals surface area contributed by atoms with Gasteiger partial charge in [-0.1, -0.05) is 12.7 Å². The maximum atomic E-state index is 12.1. The third-order valence-corrected chi connectivity index (χ3v) is 1.36. The Hall–Kier alpha value is -1.19. The van der Waals surface area contributed by atoms with Crippen molar-refractivity contribution in [1.82, 2.24) is 0 Å². The summed E-state index contributed by atoms with van der Waals surface area (Å²) in [6.45, 7) is 4.72. The van der Waals surface area contributed by atoms with Gasteiger partial charge in [-0.05, 0) is 13.0 Å². The number of alkyl halides is 3. The molecule has 0 amide bonds. The van der Waals surface area contributed by atoms with E-state index in [-0.39, 0.29) is 11.3 Å². The first-order chi connectivity index (χ1) is 5.45. The number of hydrogen-bond acceptors (Lipinski definition) is 1. The molecule has 0 aromatic carbocycles. The van der Waals surface area contributed by atoms with E-state index in [1.165, 1.54) is 13.0 Å². The number of furan rings is 1. The molecule has 0 aliphatic rings. The molecule has 0 unspecified atom stereocenters. The van der Waals surface area contributed by atoms with E-state index < -0.39 is 11.9 Å². The molecule has 1 rings (SSSR count). The summed E-state index contributed by atoms with van der Waals surface area (Å²) in [5, 5.41) is 0. The summed E-state index contributed by atoms with van der Waals surface area (Å²) in [6.07, 6.45) is -3.31. The van der Waals surface area contributed by atoms with Gasteiger partial charge in [-0.2, -0.15) is 13.2 Å². The lowest BCUT2D eigenvalue weighted by atomic mass is 10.2. The molecule has 1 heterocycles. The second-order valence-corrected chi connectivity index (χ2v) is 2.34. The van der Waals surface area contributed by atoms with Crippen LogP contribution in [0.25, 0.3) is 6.08 Å². The Balaban J connectivity index is 3.22. The van der Waals surface area contributed by atoms with Gasteiger partial charge in [0.2, 0.25) is 5.76 Å². The molecule has 0 aliphatic heterocycles. The van der Waals surface area contributed by atoms with E-state index in [9.17, 15) is 13.2 Å². The summed E-state index contributed by atoms with van der Waals surface area (Å²) in [6, 6.07) is 1.30. The molecule has 0 radical (unpaired) electrons. The lowest BCUT2D eigenvalue weighted by Gasteiger charge is -2.02. The summed E-state index contributed by atoms with van der Waals surface area (Å²) in [5.74, 6) is -0.743. The molecule has 0 bridgehead atoms. The summed E-state index contributed by atoms with van der Waals surface area (Å²) >= 11 is 0. The van der Waals surface area contributed by atoms with E-state index in [0.717, 1.165) is 6.08 Å². The van der Waals surface area contributed by atoms with E-state index in [1.54, 1.807) is 0 Å². The average molecular weight is 176 g/mol. The van der Waals surface area contributed by atoms with Gasteiger partial charge in [0, 0.05) is 5.56 Å². The fourth-order valence-electron chi connectivity index (χ4n) is 0.907. The SMILES string of the molecule is C=Cc1cc(C)oc1C(F)(F)F. The molecule has 0 fully saturated rings. The molecule has 0 atom stereocenters. The highest BCUT2D eigenvalue weighted by molar-refractivity contribution is 5.50. The topological polar surface area (TPSA) is 13.1 Å². The van der Waals surface area contributed by atoms with Crippen molar-refractivity contribution in [3.8, 4) is 0 Å². The van der Waals surface area contributed by atoms with Crippen molar-refractivity contribution in [3.63, 3.8) is 0 Å². The number of rotatable bonds is 1. The van der Waals surface area contributed by atoms with Crippen LogP contribution in [0.15, 0.2) is 17.1 Å². The van der Waals surface area contributed by atoms with E-state index >= 15 is 0 Å². The average Bonchev–Trinajstić information content (AvgIpc) is 2.29. The summed E-state index contributed by atoms with van der Waals surface area (Å²) in [5.41, 5.74) is -0.0139. The maximum absolute atomic E-state index is 12.1. The Bertz CT molecular complexity index is 296. The second kappa shape index (κ2) is 2.69. The zero-order chi connectivity index (χ0) is 9.35. The smallest absolute Gasteiger partial charge is 0.450 e. The van der Waals surface area contributed by atoms with Gasteiger partial charge in [0.1, 0.15) is 5.76 Å². The molecule has 66 valence electrons. The number of halogens is 3. The molecular weight excluding hydrogens is 169 g/mol. The highest BCUT2D eigenvalue weighted by atomic mass is 19.4. The Morgan fingerprint density at radius 1 is 1.50 bits per heavy atom. The molecule has 0 spiro atoms. The van der Waals surface area contributed by atoms with Crippen molar-refractivity contribution in [3.05, 3.63) is 29.7 Å². The molecule has 1 aromatic heterocycles. The molecule has 0 aliphatic carbocycles. The van der Waals surface area contributed by atoms with Crippen LogP contribution in [0.1, 0.15) is 17.1 Å². The molecule has 0 saturated heterocycles. The van der Waals surface area contributed by atoms with E-state index in [1.807, 2.05) is 0 Å². The normalized spacial score (nSPS) is 11.7. The van der Waals surface area contributed by atoms with Crippen molar-refractivity contribution in [2.45, 2.75) is 13.1 Å². The lowest BCUT2D eigenvalue weighted by molar-refractivity contribution is -0.153. The van der Waals surface area contributed by atoms with Crippen LogP contribution in [0.4, 0.5) is 13.2 Å².